The zero-order valence-electron chi connectivity index (χ0n) is 10.2. The van der Waals surface area contributed by atoms with Gasteiger partial charge in [-0.2, -0.15) is 0 Å². The summed E-state index contributed by atoms with van der Waals surface area (Å²) in [4.78, 5) is 0. The van der Waals surface area contributed by atoms with Gasteiger partial charge in [-0.25, -0.2) is 0 Å². The number of nitrogen functional groups attached to an aromatic ring is 1. The van der Waals surface area contributed by atoms with Crippen LogP contribution in [0, 0.1) is 0 Å². The van der Waals surface area contributed by atoms with Gasteiger partial charge in [0.2, 0.25) is 0 Å². The van der Waals surface area contributed by atoms with E-state index < -0.39 is 0 Å². The third-order valence-corrected chi connectivity index (χ3v) is 4.49. The Balaban J connectivity index is 2.15. The van der Waals surface area contributed by atoms with Crippen LogP contribution in [0.4, 0.5) is 5.69 Å². The fourth-order valence-electron chi connectivity index (χ4n) is 2.97. The molecule has 1 unspecified atom stereocenters. The summed E-state index contributed by atoms with van der Waals surface area (Å²) in [7, 11) is 0. The van der Waals surface area contributed by atoms with Crippen LogP contribution in [0.2, 0.25) is 0 Å². The van der Waals surface area contributed by atoms with E-state index in [-0.39, 0.29) is 0 Å². The molecule has 1 nitrogen and oxygen atoms in total. The largest absolute Gasteiger partial charge is 0.398 e. The Morgan fingerprint density at radius 3 is 2.72 bits per heavy atom. The molecule has 0 bridgehead atoms. The summed E-state index contributed by atoms with van der Waals surface area (Å²) in [6, 6.07) is 14.7. The van der Waals surface area contributed by atoms with E-state index in [0.29, 0.717) is 5.92 Å². The first-order chi connectivity index (χ1) is 8.77. The van der Waals surface area contributed by atoms with E-state index in [1.54, 1.807) is 0 Å². The second-order valence-corrected chi connectivity index (χ2v) is 5.74. The predicted molar refractivity (Wildman–Crippen MR) is 79.8 cm³/mol. The number of hydrogen-bond acceptors (Lipinski definition) is 1. The van der Waals surface area contributed by atoms with Crippen molar-refractivity contribution in [2.75, 3.05) is 5.73 Å². The van der Waals surface area contributed by atoms with Gasteiger partial charge in [0, 0.05) is 16.1 Å². The van der Waals surface area contributed by atoms with E-state index in [1.165, 1.54) is 40.4 Å². The molecule has 0 saturated carbocycles. The van der Waals surface area contributed by atoms with Gasteiger partial charge in [-0.05, 0) is 48.1 Å². The quantitative estimate of drug-likeness (QED) is 0.771. The zero-order valence-corrected chi connectivity index (χ0v) is 11.8. The molecule has 92 valence electrons. The van der Waals surface area contributed by atoms with Crippen LogP contribution >= 0.6 is 15.9 Å². The van der Waals surface area contributed by atoms with Gasteiger partial charge in [0.05, 0.1) is 0 Å². The lowest BCUT2D eigenvalue weighted by Crippen LogP contribution is -2.13. The minimum absolute atomic E-state index is 0.436. The summed E-state index contributed by atoms with van der Waals surface area (Å²) in [5.74, 6) is 0.436. The molecule has 0 fully saturated rings. The molecular weight excluding hydrogens is 286 g/mol. The zero-order chi connectivity index (χ0) is 12.5. The number of nitrogens with two attached hydrogens (primary N) is 1. The summed E-state index contributed by atoms with van der Waals surface area (Å²) < 4.78 is 1.22. The highest BCUT2D eigenvalue weighted by Crippen LogP contribution is 2.42. The Hall–Kier alpha value is -1.28. The molecule has 0 spiro atoms. The normalized spacial score (nSPS) is 18.4. The first-order valence-corrected chi connectivity index (χ1v) is 7.18. The number of aryl methyl sites for hydroxylation is 1. The van der Waals surface area contributed by atoms with Crippen molar-refractivity contribution in [1.29, 1.82) is 0 Å². The lowest BCUT2D eigenvalue weighted by atomic mass is 9.78. The van der Waals surface area contributed by atoms with Gasteiger partial charge in [-0.1, -0.05) is 46.3 Å². The molecule has 2 heteroatoms. The number of hydrogen-bond donors (Lipinski definition) is 1. The maximum Gasteiger partial charge on any atom is 0.0352 e. The average Bonchev–Trinajstić information content (AvgIpc) is 2.39. The van der Waals surface area contributed by atoms with Gasteiger partial charge in [0.25, 0.3) is 0 Å². The molecule has 2 aromatic carbocycles. The Kier molecular flexibility index (Phi) is 3.13. The van der Waals surface area contributed by atoms with E-state index in [0.717, 1.165) is 5.69 Å². The molecule has 3 rings (SSSR count). The molecule has 2 N–H and O–H groups in total. The number of para-hydroxylation sites is 1. The molecule has 0 amide bonds. The van der Waals surface area contributed by atoms with Crippen molar-refractivity contribution >= 4 is 21.6 Å². The highest BCUT2D eigenvalue weighted by molar-refractivity contribution is 9.10. The van der Waals surface area contributed by atoms with Crippen LogP contribution in [0.1, 0.15) is 35.4 Å². The third-order valence-electron chi connectivity index (χ3n) is 3.80. The van der Waals surface area contributed by atoms with Crippen LogP contribution in [0.5, 0.6) is 0 Å². The number of anilines is 1. The molecular formula is C16H16BrN. The van der Waals surface area contributed by atoms with Gasteiger partial charge in [0.15, 0.2) is 0 Å². The molecule has 0 saturated heterocycles. The van der Waals surface area contributed by atoms with Gasteiger partial charge >= 0.3 is 0 Å². The lowest BCUT2D eigenvalue weighted by Gasteiger charge is -2.28. The van der Waals surface area contributed by atoms with Crippen LogP contribution in [0.15, 0.2) is 46.9 Å². The number of benzene rings is 2. The summed E-state index contributed by atoms with van der Waals surface area (Å²) in [5, 5.41) is 0. The second-order valence-electron chi connectivity index (χ2n) is 4.89. The minimum Gasteiger partial charge on any atom is -0.398 e. The maximum atomic E-state index is 6.14. The maximum absolute atomic E-state index is 6.14. The highest BCUT2D eigenvalue weighted by atomic mass is 79.9. The molecule has 18 heavy (non-hydrogen) atoms. The van der Waals surface area contributed by atoms with Crippen LogP contribution in [0.3, 0.4) is 0 Å². The number of rotatable bonds is 1. The lowest BCUT2D eigenvalue weighted by molar-refractivity contribution is 0.614. The van der Waals surface area contributed by atoms with Crippen molar-refractivity contribution in [2.24, 2.45) is 0 Å². The molecule has 0 heterocycles. The molecule has 0 radical (unpaired) electrons. The fraction of sp³-hybridized carbons (Fsp3) is 0.250. The Morgan fingerprint density at radius 1 is 1.06 bits per heavy atom. The molecule has 1 aliphatic rings. The van der Waals surface area contributed by atoms with Crippen LogP contribution in [-0.4, -0.2) is 0 Å². The van der Waals surface area contributed by atoms with Crippen LogP contribution in [0.25, 0.3) is 0 Å². The topological polar surface area (TPSA) is 26.0 Å². The minimum atomic E-state index is 0.436. The van der Waals surface area contributed by atoms with Crippen molar-refractivity contribution in [3.8, 4) is 0 Å². The summed E-state index contributed by atoms with van der Waals surface area (Å²) >= 11 is 3.70. The van der Waals surface area contributed by atoms with E-state index in [2.05, 4.69) is 46.3 Å². The van der Waals surface area contributed by atoms with Crippen molar-refractivity contribution < 1.29 is 0 Å². The van der Waals surface area contributed by atoms with E-state index in [4.69, 9.17) is 5.73 Å². The molecule has 1 atom stereocenters. The predicted octanol–water partition coefficient (Wildman–Crippen LogP) is 4.50. The van der Waals surface area contributed by atoms with Crippen LogP contribution in [-0.2, 0) is 6.42 Å². The molecule has 1 aliphatic carbocycles. The van der Waals surface area contributed by atoms with Crippen molar-refractivity contribution in [3.63, 3.8) is 0 Å². The molecule has 2 aromatic rings. The average molecular weight is 302 g/mol. The first-order valence-electron chi connectivity index (χ1n) is 6.39. The van der Waals surface area contributed by atoms with Crippen molar-refractivity contribution in [3.05, 3.63) is 63.6 Å². The molecule has 0 aliphatic heterocycles. The Morgan fingerprint density at radius 2 is 1.89 bits per heavy atom. The first kappa shape index (κ1) is 11.8. The molecule has 0 aromatic heterocycles. The Labute approximate surface area is 116 Å². The van der Waals surface area contributed by atoms with Gasteiger partial charge in [0.1, 0.15) is 0 Å². The smallest absolute Gasteiger partial charge is 0.0352 e. The fourth-order valence-corrected chi connectivity index (χ4v) is 3.65. The van der Waals surface area contributed by atoms with E-state index >= 15 is 0 Å². The monoisotopic (exact) mass is 301 g/mol. The standard InChI is InChI=1S/C16H16BrN/c17-14-9-4-6-11-5-3-8-13(16(11)14)12-7-1-2-10-15(12)18/h1-2,4,6-7,9-10,13H,3,5,8,18H2. The second kappa shape index (κ2) is 4.77. The summed E-state index contributed by atoms with van der Waals surface area (Å²) in [5.41, 5.74) is 11.2. The van der Waals surface area contributed by atoms with Gasteiger partial charge in [-0.3, -0.25) is 0 Å². The summed E-state index contributed by atoms with van der Waals surface area (Å²) in [6.45, 7) is 0. The van der Waals surface area contributed by atoms with Gasteiger partial charge < -0.3 is 5.73 Å². The van der Waals surface area contributed by atoms with E-state index in [1.807, 2.05) is 12.1 Å². The highest BCUT2D eigenvalue weighted by Gasteiger charge is 2.24. The SMILES string of the molecule is Nc1ccccc1C1CCCc2cccc(Br)c21. The van der Waals surface area contributed by atoms with Crippen molar-refractivity contribution in [2.45, 2.75) is 25.2 Å². The third kappa shape index (κ3) is 1.95. The number of halogens is 1. The summed E-state index contributed by atoms with van der Waals surface area (Å²) in [6.07, 6.45) is 3.60. The number of fused-ring (bicyclic) bond motifs is 1. The Bertz CT molecular complexity index is 577. The van der Waals surface area contributed by atoms with Crippen LogP contribution < -0.4 is 5.73 Å². The van der Waals surface area contributed by atoms with Gasteiger partial charge in [-0.15, -0.1) is 0 Å². The van der Waals surface area contributed by atoms with E-state index in [9.17, 15) is 0 Å². The van der Waals surface area contributed by atoms with Crippen molar-refractivity contribution in [1.82, 2.24) is 0 Å².